The van der Waals surface area contributed by atoms with E-state index in [0.29, 0.717) is 11.9 Å². The molecule has 0 amide bonds. The molecule has 0 aliphatic carbocycles. The van der Waals surface area contributed by atoms with Gasteiger partial charge in [-0.25, -0.2) is 9.78 Å². The molecule has 20 heavy (non-hydrogen) atoms. The molecule has 1 unspecified atom stereocenters. The number of rotatable bonds is 5. The molecule has 110 valence electrons. The summed E-state index contributed by atoms with van der Waals surface area (Å²) in [4.78, 5) is 19.7. The largest absolute Gasteiger partial charge is 0.476 e. The summed E-state index contributed by atoms with van der Waals surface area (Å²) in [6, 6.07) is 3.87. The molecule has 6 heteroatoms. The van der Waals surface area contributed by atoms with Crippen molar-refractivity contribution < 1.29 is 9.90 Å². The second kappa shape index (κ2) is 6.41. The standard InChI is InChI=1S/C14H20ClN3O2/c1-3-18-8-4-5-10(18)9-17(2)12-7-6-11(15)13(16-12)14(19)20/h6-7,10H,3-5,8-9H2,1-2H3,(H,19,20). The lowest BCUT2D eigenvalue weighted by atomic mass is 10.2. The highest BCUT2D eigenvalue weighted by Crippen LogP contribution is 2.22. The van der Waals surface area contributed by atoms with Crippen LogP contribution in [0, 0.1) is 0 Å². The molecule has 0 aromatic carbocycles. The van der Waals surface area contributed by atoms with E-state index in [0.717, 1.165) is 19.6 Å². The fourth-order valence-corrected chi connectivity index (χ4v) is 2.91. The van der Waals surface area contributed by atoms with Crippen LogP contribution in [0.5, 0.6) is 0 Å². The molecular formula is C14H20ClN3O2. The lowest BCUT2D eigenvalue weighted by molar-refractivity contribution is 0.0691. The Morgan fingerprint density at radius 2 is 2.35 bits per heavy atom. The number of carbonyl (C=O) groups is 1. The van der Waals surface area contributed by atoms with Crippen LogP contribution in [0.15, 0.2) is 12.1 Å². The summed E-state index contributed by atoms with van der Waals surface area (Å²) in [6.07, 6.45) is 2.40. The highest BCUT2D eigenvalue weighted by molar-refractivity contribution is 6.33. The minimum absolute atomic E-state index is 0.0882. The van der Waals surface area contributed by atoms with E-state index in [1.54, 1.807) is 12.1 Å². The monoisotopic (exact) mass is 297 g/mol. The number of hydrogen-bond acceptors (Lipinski definition) is 4. The number of carboxylic acid groups (broad SMARTS) is 1. The Balaban J connectivity index is 2.11. The van der Waals surface area contributed by atoms with Crippen molar-refractivity contribution >= 4 is 23.4 Å². The second-order valence-electron chi connectivity index (χ2n) is 5.11. The van der Waals surface area contributed by atoms with Gasteiger partial charge in [0.05, 0.1) is 5.02 Å². The number of nitrogens with zero attached hydrogens (tertiary/aromatic N) is 3. The number of carboxylic acids is 1. The fraction of sp³-hybridized carbons (Fsp3) is 0.571. The quantitative estimate of drug-likeness (QED) is 0.904. The van der Waals surface area contributed by atoms with Gasteiger partial charge >= 0.3 is 5.97 Å². The zero-order valence-electron chi connectivity index (χ0n) is 11.8. The third-order valence-corrected chi connectivity index (χ3v) is 4.12. The summed E-state index contributed by atoms with van der Waals surface area (Å²) in [6.45, 7) is 5.21. The van der Waals surface area contributed by atoms with Crippen LogP contribution in [0.3, 0.4) is 0 Å². The molecule has 1 N–H and O–H groups in total. The van der Waals surface area contributed by atoms with Crippen molar-refractivity contribution in [3.8, 4) is 0 Å². The molecule has 1 saturated heterocycles. The number of hydrogen-bond donors (Lipinski definition) is 1. The average molecular weight is 298 g/mol. The van der Waals surface area contributed by atoms with Gasteiger partial charge in [0.25, 0.3) is 0 Å². The Labute approximate surface area is 124 Å². The topological polar surface area (TPSA) is 56.7 Å². The number of aromatic nitrogens is 1. The zero-order valence-corrected chi connectivity index (χ0v) is 12.6. The van der Waals surface area contributed by atoms with Crippen molar-refractivity contribution in [2.75, 3.05) is 31.6 Å². The Hall–Kier alpha value is -1.33. The van der Waals surface area contributed by atoms with E-state index in [1.165, 1.54) is 12.8 Å². The van der Waals surface area contributed by atoms with Gasteiger partial charge in [-0.3, -0.25) is 4.90 Å². The molecule has 1 fully saturated rings. The molecule has 1 aliphatic rings. The molecule has 0 bridgehead atoms. The fourth-order valence-electron chi connectivity index (χ4n) is 2.72. The van der Waals surface area contributed by atoms with Crippen LogP contribution in [0.1, 0.15) is 30.3 Å². The first kappa shape index (κ1) is 15.1. The molecule has 0 radical (unpaired) electrons. The van der Waals surface area contributed by atoms with Crippen molar-refractivity contribution in [3.05, 3.63) is 22.8 Å². The third kappa shape index (κ3) is 3.22. The third-order valence-electron chi connectivity index (χ3n) is 3.81. The highest BCUT2D eigenvalue weighted by atomic mass is 35.5. The van der Waals surface area contributed by atoms with Gasteiger partial charge in [0.1, 0.15) is 5.82 Å². The molecule has 0 spiro atoms. The highest BCUT2D eigenvalue weighted by Gasteiger charge is 2.24. The van der Waals surface area contributed by atoms with E-state index in [1.807, 2.05) is 11.9 Å². The molecule has 1 aromatic rings. The van der Waals surface area contributed by atoms with Crippen LogP contribution in [0.2, 0.25) is 5.02 Å². The number of anilines is 1. The Bertz CT molecular complexity index is 495. The summed E-state index contributed by atoms with van der Waals surface area (Å²) in [5, 5.41) is 9.23. The van der Waals surface area contributed by atoms with Gasteiger partial charge in [-0.15, -0.1) is 0 Å². The van der Waals surface area contributed by atoms with Crippen molar-refractivity contribution in [1.29, 1.82) is 0 Å². The van der Waals surface area contributed by atoms with Crippen molar-refractivity contribution in [1.82, 2.24) is 9.88 Å². The van der Waals surface area contributed by atoms with E-state index in [9.17, 15) is 4.79 Å². The van der Waals surface area contributed by atoms with Crippen molar-refractivity contribution in [2.45, 2.75) is 25.8 Å². The minimum atomic E-state index is -1.10. The van der Waals surface area contributed by atoms with E-state index < -0.39 is 5.97 Å². The van der Waals surface area contributed by atoms with E-state index in [2.05, 4.69) is 16.8 Å². The van der Waals surface area contributed by atoms with Crippen LogP contribution in [0.4, 0.5) is 5.82 Å². The Morgan fingerprint density at radius 1 is 1.60 bits per heavy atom. The zero-order chi connectivity index (χ0) is 14.7. The second-order valence-corrected chi connectivity index (χ2v) is 5.52. The van der Waals surface area contributed by atoms with Crippen molar-refractivity contribution in [2.24, 2.45) is 0 Å². The van der Waals surface area contributed by atoms with Gasteiger partial charge in [-0.1, -0.05) is 18.5 Å². The predicted molar refractivity (Wildman–Crippen MR) is 79.7 cm³/mol. The summed E-state index contributed by atoms with van der Waals surface area (Å²) in [7, 11) is 1.94. The molecule has 1 atom stereocenters. The molecule has 1 aliphatic heterocycles. The van der Waals surface area contributed by atoms with Crippen molar-refractivity contribution in [3.63, 3.8) is 0 Å². The van der Waals surface area contributed by atoms with Gasteiger partial charge in [0.15, 0.2) is 5.69 Å². The van der Waals surface area contributed by atoms with Gasteiger partial charge in [0.2, 0.25) is 0 Å². The number of likely N-dealkylation sites (tertiary alicyclic amines) is 1. The maximum Gasteiger partial charge on any atom is 0.356 e. The van der Waals surface area contributed by atoms with Crippen LogP contribution in [0.25, 0.3) is 0 Å². The molecular weight excluding hydrogens is 278 g/mol. The summed E-state index contributed by atoms with van der Waals surface area (Å²) in [5.74, 6) is -0.448. The molecule has 2 rings (SSSR count). The predicted octanol–water partition coefficient (Wildman–Crippen LogP) is 2.35. The summed E-state index contributed by atoms with van der Waals surface area (Å²) < 4.78 is 0. The summed E-state index contributed by atoms with van der Waals surface area (Å²) in [5.41, 5.74) is -0.0882. The first-order valence-corrected chi connectivity index (χ1v) is 7.25. The number of aromatic carboxylic acids is 1. The number of pyridine rings is 1. The molecule has 1 aromatic heterocycles. The van der Waals surface area contributed by atoms with Crippen LogP contribution in [-0.4, -0.2) is 53.7 Å². The van der Waals surface area contributed by atoms with Gasteiger partial charge in [0, 0.05) is 19.6 Å². The molecule has 2 heterocycles. The Kier molecular flexibility index (Phi) is 4.83. The lowest BCUT2D eigenvalue weighted by Crippen LogP contribution is -2.39. The van der Waals surface area contributed by atoms with Crippen LogP contribution < -0.4 is 4.90 Å². The Morgan fingerprint density at radius 3 is 3.00 bits per heavy atom. The smallest absolute Gasteiger partial charge is 0.356 e. The average Bonchev–Trinajstić information content (AvgIpc) is 2.86. The number of halogens is 1. The van der Waals surface area contributed by atoms with Gasteiger partial charge in [-0.05, 0) is 38.1 Å². The maximum absolute atomic E-state index is 11.1. The lowest BCUT2D eigenvalue weighted by Gasteiger charge is -2.28. The normalized spacial score (nSPS) is 19.2. The summed E-state index contributed by atoms with van der Waals surface area (Å²) >= 11 is 5.84. The van der Waals surface area contributed by atoms with E-state index in [-0.39, 0.29) is 10.7 Å². The molecule has 0 saturated carbocycles. The van der Waals surface area contributed by atoms with E-state index in [4.69, 9.17) is 16.7 Å². The van der Waals surface area contributed by atoms with Gasteiger partial charge < -0.3 is 10.0 Å². The van der Waals surface area contributed by atoms with Crippen LogP contribution in [-0.2, 0) is 0 Å². The minimum Gasteiger partial charge on any atom is -0.476 e. The van der Waals surface area contributed by atoms with E-state index >= 15 is 0 Å². The maximum atomic E-state index is 11.1. The SMILES string of the molecule is CCN1CCCC1CN(C)c1ccc(Cl)c(C(=O)O)n1. The first-order chi connectivity index (χ1) is 9.52. The molecule has 5 nitrogen and oxygen atoms in total. The number of likely N-dealkylation sites (N-methyl/N-ethyl adjacent to an activating group) is 2. The van der Waals surface area contributed by atoms with Crippen LogP contribution >= 0.6 is 11.6 Å². The van der Waals surface area contributed by atoms with Gasteiger partial charge in [-0.2, -0.15) is 0 Å². The first-order valence-electron chi connectivity index (χ1n) is 6.88.